The quantitative estimate of drug-likeness (QED) is 0.547. The molecule has 6 rings (SSSR count). The number of H-pyrrole nitrogens is 1. The van der Waals surface area contributed by atoms with E-state index in [1.54, 1.807) is 24.1 Å². The number of carbonyl (C=O) groups excluding carboxylic acids is 1. The van der Waals surface area contributed by atoms with E-state index in [0.29, 0.717) is 17.4 Å². The highest BCUT2D eigenvalue weighted by Gasteiger charge is 2.55. The Labute approximate surface area is 178 Å². The van der Waals surface area contributed by atoms with Gasteiger partial charge in [-0.1, -0.05) is 12.1 Å². The first kappa shape index (κ1) is 18.2. The van der Waals surface area contributed by atoms with Crippen LogP contribution in [-0.4, -0.2) is 39.0 Å². The van der Waals surface area contributed by atoms with Gasteiger partial charge in [0, 0.05) is 29.2 Å². The summed E-state index contributed by atoms with van der Waals surface area (Å²) in [4.78, 5) is 36.4. The van der Waals surface area contributed by atoms with Crippen LogP contribution >= 0.6 is 0 Å². The molecule has 7 nitrogen and oxygen atoms in total. The standard InChI is InChI=1S/C24H22N4O3/c1-24-20(27-13-25-18-6-4-3-5-17(18)23(27)30)12-21(29)28(24)10-9-16-15-8-7-14(31-2)11-19(15)26-22(16)24/h3-8,11,13,20,26H,9-10,12H2,1-2H3/t20-,24+/m1/s1. The Morgan fingerprint density at radius 2 is 2.00 bits per heavy atom. The first-order valence-corrected chi connectivity index (χ1v) is 10.5. The van der Waals surface area contributed by atoms with Crippen LogP contribution in [0.5, 0.6) is 5.75 Å². The summed E-state index contributed by atoms with van der Waals surface area (Å²) in [6.45, 7) is 2.70. The molecule has 0 bridgehead atoms. The van der Waals surface area contributed by atoms with Crippen molar-refractivity contribution in [1.29, 1.82) is 0 Å². The lowest BCUT2D eigenvalue weighted by atomic mass is 9.83. The van der Waals surface area contributed by atoms with Crippen molar-refractivity contribution in [3.63, 3.8) is 0 Å². The van der Waals surface area contributed by atoms with Crippen LogP contribution in [0.4, 0.5) is 0 Å². The molecule has 4 heterocycles. The second kappa shape index (κ2) is 6.20. The summed E-state index contributed by atoms with van der Waals surface area (Å²) in [7, 11) is 1.65. The van der Waals surface area contributed by atoms with E-state index in [4.69, 9.17) is 4.74 Å². The molecule has 1 fully saturated rings. The number of fused-ring (bicyclic) bond motifs is 6. The van der Waals surface area contributed by atoms with Crippen LogP contribution < -0.4 is 10.3 Å². The molecule has 2 atom stereocenters. The number of carbonyl (C=O) groups is 1. The van der Waals surface area contributed by atoms with E-state index < -0.39 is 5.54 Å². The normalized spacial score (nSPS) is 22.7. The average Bonchev–Trinajstić information content (AvgIpc) is 3.29. The zero-order valence-electron chi connectivity index (χ0n) is 17.4. The van der Waals surface area contributed by atoms with Gasteiger partial charge in [-0.3, -0.25) is 14.2 Å². The van der Waals surface area contributed by atoms with E-state index >= 15 is 0 Å². The average molecular weight is 414 g/mol. The van der Waals surface area contributed by atoms with Crippen molar-refractivity contribution >= 4 is 27.7 Å². The maximum Gasteiger partial charge on any atom is 0.261 e. The van der Waals surface area contributed by atoms with Gasteiger partial charge in [0.1, 0.15) is 11.3 Å². The molecule has 0 unspecified atom stereocenters. The highest BCUT2D eigenvalue weighted by molar-refractivity contribution is 5.89. The lowest BCUT2D eigenvalue weighted by molar-refractivity contribution is -0.131. The maximum atomic E-state index is 13.4. The van der Waals surface area contributed by atoms with Crippen LogP contribution in [0.3, 0.4) is 0 Å². The molecule has 156 valence electrons. The van der Waals surface area contributed by atoms with Crippen molar-refractivity contribution in [3.8, 4) is 5.75 Å². The number of benzene rings is 2. The first-order chi connectivity index (χ1) is 15.0. The number of nitrogens with one attached hydrogen (secondary N) is 1. The van der Waals surface area contributed by atoms with Gasteiger partial charge in [-0.15, -0.1) is 0 Å². The molecule has 1 saturated heterocycles. The van der Waals surface area contributed by atoms with Crippen LogP contribution in [0.1, 0.15) is 30.6 Å². The van der Waals surface area contributed by atoms with Gasteiger partial charge in [-0.2, -0.15) is 0 Å². The molecule has 0 saturated carbocycles. The number of ether oxygens (including phenoxy) is 1. The lowest BCUT2D eigenvalue weighted by Crippen LogP contribution is -2.50. The second-order valence-electron chi connectivity index (χ2n) is 8.53. The van der Waals surface area contributed by atoms with Gasteiger partial charge < -0.3 is 14.6 Å². The van der Waals surface area contributed by atoms with Crippen molar-refractivity contribution in [2.24, 2.45) is 0 Å². The molecule has 0 radical (unpaired) electrons. The van der Waals surface area contributed by atoms with E-state index in [1.807, 2.05) is 35.2 Å². The number of hydrogen-bond acceptors (Lipinski definition) is 4. The first-order valence-electron chi connectivity index (χ1n) is 10.5. The van der Waals surface area contributed by atoms with E-state index in [0.717, 1.165) is 28.8 Å². The van der Waals surface area contributed by atoms with Gasteiger partial charge >= 0.3 is 0 Å². The Morgan fingerprint density at radius 1 is 1.16 bits per heavy atom. The third-order valence-corrected chi connectivity index (χ3v) is 7.11. The number of aromatic amines is 1. The van der Waals surface area contributed by atoms with Crippen LogP contribution in [0.15, 0.2) is 53.6 Å². The summed E-state index contributed by atoms with van der Waals surface area (Å²) in [5.41, 5.74) is 3.07. The predicted molar refractivity (Wildman–Crippen MR) is 117 cm³/mol. The highest BCUT2D eigenvalue weighted by atomic mass is 16.5. The van der Waals surface area contributed by atoms with Gasteiger partial charge in [0.25, 0.3) is 5.56 Å². The zero-order chi connectivity index (χ0) is 21.3. The second-order valence-corrected chi connectivity index (χ2v) is 8.53. The van der Waals surface area contributed by atoms with E-state index in [2.05, 4.69) is 23.0 Å². The number of amides is 1. The molecule has 4 aromatic rings. The van der Waals surface area contributed by atoms with Gasteiger partial charge in [-0.05, 0) is 43.2 Å². The molecule has 2 aliphatic rings. The zero-order valence-corrected chi connectivity index (χ0v) is 17.4. The molecular weight excluding hydrogens is 392 g/mol. The number of nitrogens with zero attached hydrogens (tertiary/aromatic N) is 3. The van der Waals surface area contributed by atoms with E-state index in [9.17, 15) is 9.59 Å². The summed E-state index contributed by atoms with van der Waals surface area (Å²) < 4.78 is 7.05. The van der Waals surface area contributed by atoms with Gasteiger partial charge in [0.2, 0.25) is 5.91 Å². The summed E-state index contributed by atoms with van der Waals surface area (Å²) in [6.07, 6.45) is 2.65. The van der Waals surface area contributed by atoms with E-state index in [-0.39, 0.29) is 23.9 Å². The minimum atomic E-state index is -0.662. The van der Waals surface area contributed by atoms with Crippen molar-refractivity contribution in [1.82, 2.24) is 19.4 Å². The highest BCUT2D eigenvalue weighted by Crippen LogP contribution is 2.50. The minimum Gasteiger partial charge on any atom is -0.497 e. The molecule has 31 heavy (non-hydrogen) atoms. The number of rotatable bonds is 2. The van der Waals surface area contributed by atoms with Gasteiger partial charge in [0.05, 0.1) is 36.8 Å². The summed E-state index contributed by atoms with van der Waals surface area (Å²) >= 11 is 0. The topological polar surface area (TPSA) is 80.2 Å². The Balaban J connectivity index is 1.59. The van der Waals surface area contributed by atoms with Crippen LogP contribution in [0.2, 0.25) is 0 Å². The largest absolute Gasteiger partial charge is 0.497 e. The third kappa shape index (κ3) is 2.31. The predicted octanol–water partition coefficient (Wildman–Crippen LogP) is 3.13. The molecule has 2 aliphatic heterocycles. The Bertz CT molecular complexity index is 1440. The third-order valence-electron chi connectivity index (χ3n) is 7.11. The molecular formula is C24H22N4O3. The number of para-hydroxylation sites is 1. The molecule has 0 aliphatic carbocycles. The minimum absolute atomic E-state index is 0.0643. The summed E-state index contributed by atoms with van der Waals surface area (Å²) in [5, 5.41) is 1.70. The fraction of sp³-hybridized carbons (Fsp3) is 0.292. The summed E-state index contributed by atoms with van der Waals surface area (Å²) in [5.74, 6) is 0.844. The molecule has 1 amide bonds. The molecule has 2 aromatic heterocycles. The van der Waals surface area contributed by atoms with Crippen LogP contribution in [0.25, 0.3) is 21.8 Å². The van der Waals surface area contributed by atoms with Crippen molar-refractivity contribution in [3.05, 3.63) is 70.4 Å². The maximum absolute atomic E-state index is 13.4. The van der Waals surface area contributed by atoms with Gasteiger partial charge in [-0.25, -0.2) is 4.98 Å². The van der Waals surface area contributed by atoms with Crippen molar-refractivity contribution in [2.45, 2.75) is 31.3 Å². The Morgan fingerprint density at radius 3 is 2.84 bits per heavy atom. The van der Waals surface area contributed by atoms with E-state index in [1.165, 1.54) is 5.56 Å². The summed E-state index contributed by atoms with van der Waals surface area (Å²) in [6, 6.07) is 13.0. The Hall–Kier alpha value is -3.61. The van der Waals surface area contributed by atoms with Gasteiger partial charge in [0.15, 0.2) is 0 Å². The number of methoxy groups -OCH3 is 1. The molecule has 7 heteroatoms. The fourth-order valence-corrected chi connectivity index (χ4v) is 5.52. The molecule has 0 spiro atoms. The molecule has 2 aromatic carbocycles. The SMILES string of the molecule is COc1ccc2c3c([nH]c2c1)[C@]1(C)[C@H](n2cnc4ccccc4c2=O)CC(=O)N1CC3. The molecule has 1 N–H and O–H groups in total. The monoisotopic (exact) mass is 414 g/mol. The van der Waals surface area contributed by atoms with Crippen LogP contribution in [0, 0.1) is 0 Å². The van der Waals surface area contributed by atoms with Crippen molar-refractivity contribution < 1.29 is 9.53 Å². The number of hydrogen-bond donors (Lipinski definition) is 1. The fourth-order valence-electron chi connectivity index (χ4n) is 5.52. The lowest BCUT2D eigenvalue weighted by Gasteiger charge is -2.43. The van der Waals surface area contributed by atoms with Crippen LogP contribution in [-0.2, 0) is 16.8 Å². The number of aromatic nitrogens is 3. The Kier molecular flexibility index (Phi) is 3.64. The smallest absolute Gasteiger partial charge is 0.261 e. The van der Waals surface area contributed by atoms with Crippen molar-refractivity contribution in [2.75, 3.05) is 13.7 Å².